The number of hydrogen-bond acceptors (Lipinski definition) is 3. The van der Waals surface area contributed by atoms with Gasteiger partial charge in [0.2, 0.25) is 5.91 Å². The first-order valence-corrected chi connectivity index (χ1v) is 9.88. The van der Waals surface area contributed by atoms with Gasteiger partial charge in [0.15, 0.2) is 0 Å². The minimum absolute atomic E-state index is 0.0756. The summed E-state index contributed by atoms with van der Waals surface area (Å²) in [6.07, 6.45) is 1.23. The maximum Gasteiger partial charge on any atom is 0.414 e. The molecule has 6 nitrogen and oxygen atoms in total. The zero-order valence-electron chi connectivity index (χ0n) is 17.6. The molecule has 156 valence electrons. The Morgan fingerprint density at radius 3 is 2.55 bits per heavy atom. The third kappa shape index (κ3) is 4.13. The van der Waals surface area contributed by atoms with E-state index in [0.717, 1.165) is 16.8 Å². The summed E-state index contributed by atoms with van der Waals surface area (Å²) < 4.78 is 20.1. The molecular weight excluding hydrogens is 373 g/mol. The summed E-state index contributed by atoms with van der Waals surface area (Å²) in [5.41, 5.74) is 4.11. The number of nitrogens with zero attached hydrogens (tertiary/aromatic N) is 3. The van der Waals surface area contributed by atoms with Crippen molar-refractivity contribution in [2.45, 2.75) is 53.3 Å². The SMILES string of the molecule is CC(=O)N1c2ccc(-c3cc(C)n(CCF)c3)cc2N(C(=O)OC(C)C)C[C@@H]1C. The number of anilines is 2. The molecule has 0 spiro atoms. The van der Waals surface area contributed by atoms with Crippen LogP contribution < -0.4 is 9.80 Å². The van der Waals surface area contributed by atoms with E-state index in [4.69, 9.17) is 4.74 Å². The average Bonchev–Trinajstić information content (AvgIpc) is 3.00. The fourth-order valence-corrected chi connectivity index (χ4v) is 3.83. The van der Waals surface area contributed by atoms with Gasteiger partial charge in [-0.05, 0) is 57.0 Å². The van der Waals surface area contributed by atoms with E-state index in [9.17, 15) is 14.0 Å². The van der Waals surface area contributed by atoms with Crippen molar-refractivity contribution in [2.75, 3.05) is 23.0 Å². The van der Waals surface area contributed by atoms with Crippen LogP contribution in [0.3, 0.4) is 0 Å². The van der Waals surface area contributed by atoms with Crippen molar-refractivity contribution in [3.63, 3.8) is 0 Å². The van der Waals surface area contributed by atoms with E-state index in [2.05, 4.69) is 0 Å². The number of hydrogen-bond donors (Lipinski definition) is 0. The van der Waals surface area contributed by atoms with Gasteiger partial charge in [-0.15, -0.1) is 0 Å². The summed E-state index contributed by atoms with van der Waals surface area (Å²) in [4.78, 5) is 28.3. The molecule has 0 saturated heterocycles. The molecule has 1 aromatic carbocycles. The van der Waals surface area contributed by atoms with Crippen molar-refractivity contribution >= 4 is 23.4 Å². The summed E-state index contributed by atoms with van der Waals surface area (Å²) in [5, 5.41) is 0. The predicted molar refractivity (Wildman–Crippen MR) is 112 cm³/mol. The number of ether oxygens (including phenoxy) is 1. The number of halogens is 1. The molecule has 1 aliphatic rings. The van der Waals surface area contributed by atoms with Gasteiger partial charge >= 0.3 is 6.09 Å². The quantitative estimate of drug-likeness (QED) is 0.756. The number of carbonyl (C=O) groups excluding carboxylic acids is 2. The second-order valence-electron chi connectivity index (χ2n) is 7.74. The van der Waals surface area contributed by atoms with Gasteiger partial charge in [-0.25, -0.2) is 9.18 Å². The number of rotatable bonds is 4. The lowest BCUT2D eigenvalue weighted by atomic mass is 10.0. The van der Waals surface area contributed by atoms with Gasteiger partial charge in [0.1, 0.15) is 6.67 Å². The number of carbonyl (C=O) groups is 2. The number of aryl methyl sites for hydroxylation is 2. The first kappa shape index (κ1) is 20.9. The van der Waals surface area contributed by atoms with Crippen LogP contribution in [0.15, 0.2) is 30.5 Å². The lowest BCUT2D eigenvalue weighted by Gasteiger charge is -2.40. The molecule has 1 aromatic heterocycles. The third-order valence-corrected chi connectivity index (χ3v) is 5.08. The Kier molecular flexibility index (Phi) is 5.96. The number of amides is 2. The normalized spacial score (nSPS) is 16.2. The smallest absolute Gasteiger partial charge is 0.414 e. The number of fused-ring (bicyclic) bond motifs is 1. The highest BCUT2D eigenvalue weighted by Gasteiger charge is 2.34. The first-order chi connectivity index (χ1) is 13.7. The molecule has 0 radical (unpaired) electrons. The van der Waals surface area contributed by atoms with Crippen LogP contribution in [-0.2, 0) is 16.1 Å². The van der Waals surface area contributed by atoms with Crippen LogP contribution in [-0.4, -0.2) is 41.9 Å². The van der Waals surface area contributed by atoms with Crippen molar-refractivity contribution in [1.29, 1.82) is 0 Å². The molecule has 3 rings (SSSR count). The number of benzene rings is 1. The molecule has 2 heterocycles. The van der Waals surface area contributed by atoms with E-state index in [1.54, 1.807) is 23.6 Å². The van der Waals surface area contributed by atoms with Crippen molar-refractivity contribution in [1.82, 2.24) is 4.57 Å². The maximum atomic E-state index is 12.8. The number of aromatic nitrogens is 1. The van der Waals surface area contributed by atoms with Crippen LogP contribution in [0.25, 0.3) is 11.1 Å². The fraction of sp³-hybridized carbons (Fsp3) is 0.455. The monoisotopic (exact) mass is 401 g/mol. The Hall–Kier alpha value is -2.83. The van der Waals surface area contributed by atoms with E-state index in [0.29, 0.717) is 24.5 Å². The van der Waals surface area contributed by atoms with E-state index in [-0.39, 0.29) is 18.1 Å². The highest BCUT2D eigenvalue weighted by atomic mass is 19.1. The summed E-state index contributed by atoms with van der Waals surface area (Å²) in [6.45, 7) is 9.21. The molecule has 7 heteroatoms. The Labute approximate surface area is 170 Å². The predicted octanol–water partition coefficient (Wildman–Crippen LogP) is 4.54. The largest absolute Gasteiger partial charge is 0.446 e. The first-order valence-electron chi connectivity index (χ1n) is 9.88. The lowest BCUT2D eigenvalue weighted by Crippen LogP contribution is -2.51. The second-order valence-corrected chi connectivity index (χ2v) is 7.74. The molecule has 0 unspecified atom stereocenters. The molecule has 1 aliphatic heterocycles. The van der Waals surface area contributed by atoms with Crippen LogP contribution in [0.2, 0.25) is 0 Å². The van der Waals surface area contributed by atoms with Crippen molar-refractivity contribution in [2.24, 2.45) is 0 Å². The van der Waals surface area contributed by atoms with Gasteiger partial charge in [0.25, 0.3) is 0 Å². The highest BCUT2D eigenvalue weighted by Crippen LogP contribution is 2.39. The van der Waals surface area contributed by atoms with Gasteiger partial charge in [-0.1, -0.05) is 6.07 Å². The van der Waals surface area contributed by atoms with Crippen LogP contribution >= 0.6 is 0 Å². The Morgan fingerprint density at radius 2 is 1.93 bits per heavy atom. The van der Waals surface area contributed by atoms with E-state index < -0.39 is 12.8 Å². The van der Waals surface area contributed by atoms with Gasteiger partial charge in [0, 0.05) is 25.4 Å². The van der Waals surface area contributed by atoms with E-state index >= 15 is 0 Å². The Bertz CT molecular complexity index is 922. The zero-order valence-corrected chi connectivity index (χ0v) is 17.6. The van der Waals surface area contributed by atoms with Crippen LogP contribution in [0.4, 0.5) is 20.6 Å². The molecule has 0 fully saturated rings. The van der Waals surface area contributed by atoms with E-state index in [1.807, 2.05) is 48.9 Å². The zero-order chi connectivity index (χ0) is 21.3. The summed E-state index contributed by atoms with van der Waals surface area (Å²) in [7, 11) is 0. The summed E-state index contributed by atoms with van der Waals surface area (Å²) in [6, 6.07) is 7.50. The third-order valence-electron chi connectivity index (χ3n) is 5.08. The average molecular weight is 401 g/mol. The molecule has 0 bridgehead atoms. The second kappa shape index (κ2) is 8.27. The van der Waals surface area contributed by atoms with Crippen molar-refractivity contribution in [3.05, 3.63) is 36.2 Å². The van der Waals surface area contributed by atoms with Gasteiger partial charge in [-0.3, -0.25) is 9.69 Å². The highest BCUT2D eigenvalue weighted by molar-refractivity contribution is 6.03. The lowest BCUT2D eigenvalue weighted by molar-refractivity contribution is -0.117. The van der Waals surface area contributed by atoms with E-state index in [1.165, 1.54) is 6.92 Å². The van der Waals surface area contributed by atoms with Crippen molar-refractivity contribution in [3.8, 4) is 11.1 Å². The minimum Gasteiger partial charge on any atom is -0.446 e. The fourth-order valence-electron chi connectivity index (χ4n) is 3.83. The van der Waals surface area contributed by atoms with Crippen LogP contribution in [0.5, 0.6) is 0 Å². The standard InChI is InChI=1S/C22H28FN3O3/c1-14(2)29-22(28)25-12-16(4)26(17(5)27)20-7-6-18(11-21(20)25)19-10-15(3)24(13-19)9-8-23/h6-7,10-11,13-14,16H,8-9,12H2,1-5H3/t16-/m0/s1. The molecule has 2 aromatic rings. The van der Waals surface area contributed by atoms with Gasteiger partial charge in [-0.2, -0.15) is 0 Å². The summed E-state index contributed by atoms with van der Waals surface area (Å²) >= 11 is 0. The molecular formula is C22H28FN3O3. The van der Waals surface area contributed by atoms with Gasteiger partial charge in [0.05, 0.1) is 30.1 Å². The molecule has 0 N–H and O–H groups in total. The molecule has 0 aliphatic carbocycles. The summed E-state index contributed by atoms with van der Waals surface area (Å²) in [5.74, 6) is -0.0756. The van der Waals surface area contributed by atoms with Crippen molar-refractivity contribution < 1.29 is 18.7 Å². The topological polar surface area (TPSA) is 54.8 Å². The van der Waals surface area contributed by atoms with Crippen LogP contribution in [0, 0.1) is 6.92 Å². The molecule has 29 heavy (non-hydrogen) atoms. The number of alkyl halides is 1. The van der Waals surface area contributed by atoms with Gasteiger partial charge < -0.3 is 14.2 Å². The Morgan fingerprint density at radius 1 is 1.21 bits per heavy atom. The molecule has 1 atom stereocenters. The maximum absolute atomic E-state index is 12.8. The molecule has 2 amide bonds. The minimum atomic E-state index is -0.431. The van der Waals surface area contributed by atoms with Crippen LogP contribution in [0.1, 0.15) is 33.4 Å². The molecule has 0 saturated carbocycles. The Balaban J connectivity index is 2.08.